The maximum atomic E-state index is 11.5. The fourth-order valence-electron chi connectivity index (χ4n) is 1.18. The smallest absolute Gasteiger partial charge is 0.227 e. The fourth-order valence-corrected chi connectivity index (χ4v) is 1.18. The highest BCUT2D eigenvalue weighted by Crippen LogP contribution is 2.32. The van der Waals surface area contributed by atoms with Crippen molar-refractivity contribution in [3.63, 3.8) is 0 Å². The standard InChI is InChI=1S/C10H20N2O2/c1-10(2,6-11)9(14)12-5-8(13)7-3-4-7/h7-8,13H,3-6,11H2,1-2H3,(H,12,14). The van der Waals surface area contributed by atoms with Crippen LogP contribution in [0.1, 0.15) is 26.7 Å². The van der Waals surface area contributed by atoms with Crippen LogP contribution in [-0.4, -0.2) is 30.2 Å². The third-order valence-corrected chi connectivity index (χ3v) is 2.76. The van der Waals surface area contributed by atoms with Crippen molar-refractivity contribution in [2.24, 2.45) is 17.1 Å². The van der Waals surface area contributed by atoms with Crippen molar-refractivity contribution in [2.45, 2.75) is 32.8 Å². The molecule has 1 fully saturated rings. The second kappa shape index (κ2) is 4.28. The Labute approximate surface area is 84.9 Å². The van der Waals surface area contributed by atoms with Crippen LogP contribution in [0.4, 0.5) is 0 Å². The molecule has 4 heteroatoms. The van der Waals surface area contributed by atoms with Crippen LogP contribution in [0.3, 0.4) is 0 Å². The minimum atomic E-state index is -0.538. The van der Waals surface area contributed by atoms with Crippen LogP contribution in [0.5, 0.6) is 0 Å². The predicted molar refractivity (Wildman–Crippen MR) is 54.6 cm³/mol. The van der Waals surface area contributed by atoms with E-state index < -0.39 is 5.41 Å². The summed E-state index contributed by atoms with van der Waals surface area (Å²) >= 11 is 0. The van der Waals surface area contributed by atoms with E-state index in [0.717, 1.165) is 12.8 Å². The Morgan fingerprint density at radius 1 is 1.64 bits per heavy atom. The Balaban J connectivity index is 2.26. The van der Waals surface area contributed by atoms with Gasteiger partial charge in [-0.1, -0.05) is 0 Å². The summed E-state index contributed by atoms with van der Waals surface area (Å²) in [6.07, 6.45) is 1.78. The largest absolute Gasteiger partial charge is 0.391 e. The van der Waals surface area contributed by atoms with E-state index in [0.29, 0.717) is 19.0 Å². The van der Waals surface area contributed by atoms with Gasteiger partial charge in [0.05, 0.1) is 11.5 Å². The molecule has 82 valence electrons. The first-order valence-corrected chi connectivity index (χ1v) is 5.14. The highest BCUT2D eigenvalue weighted by atomic mass is 16.3. The molecule has 1 amide bonds. The molecule has 4 nitrogen and oxygen atoms in total. The molecule has 4 N–H and O–H groups in total. The van der Waals surface area contributed by atoms with E-state index >= 15 is 0 Å². The van der Waals surface area contributed by atoms with Gasteiger partial charge in [0, 0.05) is 13.1 Å². The third-order valence-electron chi connectivity index (χ3n) is 2.76. The molecule has 1 atom stereocenters. The maximum absolute atomic E-state index is 11.5. The van der Waals surface area contributed by atoms with E-state index in [1.807, 2.05) is 0 Å². The molecule has 1 rings (SSSR count). The number of carbonyl (C=O) groups excluding carboxylic acids is 1. The van der Waals surface area contributed by atoms with Crippen LogP contribution >= 0.6 is 0 Å². The average molecular weight is 200 g/mol. The SMILES string of the molecule is CC(C)(CN)C(=O)NCC(O)C1CC1. The Hall–Kier alpha value is -0.610. The van der Waals surface area contributed by atoms with Gasteiger partial charge in [0.1, 0.15) is 0 Å². The molecule has 0 spiro atoms. The van der Waals surface area contributed by atoms with Gasteiger partial charge in [0.25, 0.3) is 0 Å². The number of carbonyl (C=O) groups is 1. The molecule has 0 bridgehead atoms. The van der Waals surface area contributed by atoms with E-state index in [-0.39, 0.29) is 12.0 Å². The first kappa shape index (κ1) is 11.5. The van der Waals surface area contributed by atoms with Crippen molar-refractivity contribution < 1.29 is 9.90 Å². The quantitative estimate of drug-likeness (QED) is 0.578. The summed E-state index contributed by atoms with van der Waals surface area (Å²) in [6.45, 7) is 4.27. The number of hydrogen-bond acceptors (Lipinski definition) is 3. The molecule has 0 aromatic heterocycles. The number of aliphatic hydroxyl groups excluding tert-OH is 1. The first-order valence-electron chi connectivity index (χ1n) is 5.14. The van der Waals surface area contributed by atoms with Gasteiger partial charge in [-0.15, -0.1) is 0 Å². The van der Waals surface area contributed by atoms with Crippen molar-refractivity contribution in [3.8, 4) is 0 Å². The fraction of sp³-hybridized carbons (Fsp3) is 0.900. The van der Waals surface area contributed by atoms with Crippen molar-refractivity contribution in [1.29, 1.82) is 0 Å². The summed E-state index contributed by atoms with van der Waals surface area (Å²) < 4.78 is 0. The van der Waals surface area contributed by atoms with Gasteiger partial charge in [0.15, 0.2) is 0 Å². The molecule has 1 aliphatic rings. The van der Waals surface area contributed by atoms with E-state index in [9.17, 15) is 9.90 Å². The monoisotopic (exact) mass is 200 g/mol. The molecule has 14 heavy (non-hydrogen) atoms. The van der Waals surface area contributed by atoms with Crippen molar-refractivity contribution in [1.82, 2.24) is 5.32 Å². The van der Waals surface area contributed by atoms with Crippen LogP contribution in [0.15, 0.2) is 0 Å². The lowest BCUT2D eigenvalue weighted by Gasteiger charge is -2.22. The van der Waals surface area contributed by atoms with E-state index in [2.05, 4.69) is 5.32 Å². The number of hydrogen-bond donors (Lipinski definition) is 3. The second-order valence-corrected chi connectivity index (χ2v) is 4.70. The molecule has 0 radical (unpaired) electrons. The molecular formula is C10H20N2O2. The molecule has 0 aromatic carbocycles. The minimum absolute atomic E-state index is 0.0836. The van der Waals surface area contributed by atoms with Gasteiger partial charge in [0.2, 0.25) is 5.91 Å². The van der Waals surface area contributed by atoms with Gasteiger partial charge >= 0.3 is 0 Å². The number of amides is 1. The zero-order valence-corrected chi connectivity index (χ0v) is 8.92. The summed E-state index contributed by atoms with van der Waals surface area (Å²) in [5.41, 5.74) is 4.92. The van der Waals surface area contributed by atoms with E-state index in [1.165, 1.54) is 0 Å². The molecular weight excluding hydrogens is 180 g/mol. The number of nitrogens with one attached hydrogen (secondary N) is 1. The van der Waals surface area contributed by atoms with Crippen molar-refractivity contribution >= 4 is 5.91 Å². The van der Waals surface area contributed by atoms with Crippen molar-refractivity contribution in [2.75, 3.05) is 13.1 Å². The topological polar surface area (TPSA) is 75.4 Å². The average Bonchev–Trinajstić information content (AvgIpc) is 2.96. The summed E-state index contributed by atoms with van der Waals surface area (Å²) in [4.78, 5) is 11.5. The van der Waals surface area contributed by atoms with Gasteiger partial charge in [-0.2, -0.15) is 0 Å². The number of aliphatic hydroxyl groups is 1. The highest BCUT2D eigenvalue weighted by Gasteiger charge is 2.31. The summed E-state index contributed by atoms with van der Waals surface area (Å²) in [7, 11) is 0. The molecule has 0 saturated heterocycles. The van der Waals surface area contributed by atoms with Crippen LogP contribution in [0.2, 0.25) is 0 Å². The predicted octanol–water partition coefficient (Wildman–Crippen LogP) is -0.142. The Morgan fingerprint density at radius 3 is 2.64 bits per heavy atom. The van der Waals surface area contributed by atoms with Crippen LogP contribution in [0.25, 0.3) is 0 Å². The zero-order chi connectivity index (χ0) is 10.8. The molecule has 0 aromatic rings. The first-order chi connectivity index (χ1) is 6.47. The van der Waals surface area contributed by atoms with Crippen molar-refractivity contribution in [3.05, 3.63) is 0 Å². The molecule has 0 aliphatic heterocycles. The Morgan fingerprint density at radius 2 is 2.21 bits per heavy atom. The van der Waals surface area contributed by atoms with E-state index in [4.69, 9.17) is 5.73 Å². The lowest BCUT2D eigenvalue weighted by molar-refractivity contribution is -0.129. The summed E-state index contributed by atoms with van der Waals surface area (Å²) in [6, 6.07) is 0. The number of nitrogens with two attached hydrogens (primary N) is 1. The van der Waals surface area contributed by atoms with Crippen LogP contribution < -0.4 is 11.1 Å². The minimum Gasteiger partial charge on any atom is -0.391 e. The van der Waals surface area contributed by atoms with Gasteiger partial charge < -0.3 is 16.2 Å². The number of rotatable bonds is 5. The Kier molecular flexibility index (Phi) is 3.50. The molecule has 0 heterocycles. The Bertz CT molecular complexity index is 212. The maximum Gasteiger partial charge on any atom is 0.227 e. The van der Waals surface area contributed by atoms with Crippen LogP contribution in [0, 0.1) is 11.3 Å². The lowest BCUT2D eigenvalue weighted by atomic mass is 9.92. The molecule has 1 unspecified atom stereocenters. The van der Waals surface area contributed by atoms with Gasteiger partial charge in [-0.05, 0) is 32.6 Å². The normalized spacial score (nSPS) is 19.1. The second-order valence-electron chi connectivity index (χ2n) is 4.70. The summed E-state index contributed by atoms with van der Waals surface area (Å²) in [5, 5.41) is 12.3. The van der Waals surface area contributed by atoms with Gasteiger partial charge in [-0.25, -0.2) is 0 Å². The van der Waals surface area contributed by atoms with Gasteiger partial charge in [-0.3, -0.25) is 4.79 Å². The lowest BCUT2D eigenvalue weighted by Crippen LogP contribution is -2.44. The molecule has 1 saturated carbocycles. The highest BCUT2D eigenvalue weighted by molar-refractivity contribution is 5.82. The van der Waals surface area contributed by atoms with E-state index in [1.54, 1.807) is 13.8 Å². The molecule has 1 aliphatic carbocycles. The van der Waals surface area contributed by atoms with Crippen LogP contribution in [-0.2, 0) is 4.79 Å². The zero-order valence-electron chi connectivity index (χ0n) is 8.92. The third kappa shape index (κ3) is 2.96. The summed E-state index contributed by atoms with van der Waals surface area (Å²) in [5.74, 6) is 0.316.